The Balaban J connectivity index is 2.24. The van der Waals surface area contributed by atoms with Crippen LogP contribution in [-0.2, 0) is 15.8 Å². The van der Waals surface area contributed by atoms with Crippen molar-refractivity contribution in [3.63, 3.8) is 0 Å². The number of aliphatic imine (C=N–C) groups is 2. The number of carbonyl (C=O) groups is 2. The molecule has 0 aromatic heterocycles. The van der Waals surface area contributed by atoms with E-state index in [1.165, 1.54) is 31.3 Å². The molecule has 0 saturated carbocycles. The van der Waals surface area contributed by atoms with Gasteiger partial charge in [0.2, 0.25) is 0 Å². The molecule has 1 aromatic carbocycles. The highest BCUT2D eigenvalue weighted by Crippen LogP contribution is 2.45. The number of hydrogen-bond donors (Lipinski definition) is 1. The first-order chi connectivity index (χ1) is 11.7. The predicted octanol–water partition coefficient (Wildman–Crippen LogP) is 2.60. The van der Waals surface area contributed by atoms with E-state index in [4.69, 9.17) is 0 Å². The first-order valence-corrected chi connectivity index (χ1v) is 7.67. The molecule has 0 spiro atoms. The van der Waals surface area contributed by atoms with Gasteiger partial charge >= 0.3 is 12.1 Å². The van der Waals surface area contributed by atoms with Gasteiger partial charge in [-0.15, -0.1) is 0 Å². The number of carboxylic acid groups (broad SMARTS) is 1. The fourth-order valence-corrected chi connectivity index (χ4v) is 3.70. The van der Waals surface area contributed by atoms with Gasteiger partial charge in [-0.3, -0.25) is 19.6 Å². The summed E-state index contributed by atoms with van der Waals surface area (Å²) in [5, 5.41) is 9.60. The standard InChI is InChI=1S/C17H15F3N2O3/c1-8-13(16(24)25)14(15-11(22-8)6-21-7-12(15)23)9-4-2-3-5-10(9)17(18,19)20/h2-6,11,13-15H,7H2,1H3,(H,24,25). The molecule has 2 heterocycles. The highest BCUT2D eigenvalue weighted by Gasteiger charge is 2.50. The van der Waals surface area contributed by atoms with Crippen molar-refractivity contribution in [1.29, 1.82) is 0 Å². The van der Waals surface area contributed by atoms with E-state index in [2.05, 4.69) is 9.98 Å². The van der Waals surface area contributed by atoms with Gasteiger partial charge in [0.25, 0.3) is 0 Å². The molecule has 1 aromatic rings. The summed E-state index contributed by atoms with van der Waals surface area (Å²) in [6, 6.07) is 4.08. The van der Waals surface area contributed by atoms with Crippen LogP contribution in [0.3, 0.4) is 0 Å². The van der Waals surface area contributed by atoms with Crippen molar-refractivity contribution in [3.05, 3.63) is 35.4 Å². The Bertz CT molecular complexity index is 786. The van der Waals surface area contributed by atoms with Crippen molar-refractivity contribution in [2.45, 2.75) is 25.1 Å². The minimum atomic E-state index is -4.65. The van der Waals surface area contributed by atoms with Crippen molar-refractivity contribution >= 4 is 23.7 Å². The lowest BCUT2D eigenvalue weighted by atomic mass is 9.67. The number of Topliss-reactive ketones (excluding diaryl/α,β-unsaturated/α-hetero) is 1. The lowest BCUT2D eigenvalue weighted by molar-refractivity contribution is -0.143. The molecule has 0 bridgehead atoms. The first-order valence-electron chi connectivity index (χ1n) is 7.67. The zero-order chi connectivity index (χ0) is 18.4. The number of aliphatic carboxylic acids is 1. The predicted molar refractivity (Wildman–Crippen MR) is 84.1 cm³/mol. The van der Waals surface area contributed by atoms with Crippen molar-refractivity contribution in [1.82, 2.24) is 0 Å². The molecular formula is C17H15F3N2O3. The van der Waals surface area contributed by atoms with Crippen LogP contribution in [0.2, 0.25) is 0 Å². The van der Waals surface area contributed by atoms with Crippen molar-refractivity contribution in [2.24, 2.45) is 21.8 Å². The molecule has 2 aliphatic heterocycles. The summed E-state index contributed by atoms with van der Waals surface area (Å²) < 4.78 is 40.4. The zero-order valence-corrected chi connectivity index (χ0v) is 13.2. The Morgan fingerprint density at radius 2 is 1.92 bits per heavy atom. The number of nitrogens with zero attached hydrogens (tertiary/aromatic N) is 2. The minimum Gasteiger partial charge on any atom is -0.481 e. The van der Waals surface area contributed by atoms with Crippen LogP contribution in [0.4, 0.5) is 13.2 Å². The number of carbonyl (C=O) groups excluding carboxylic acids is 1. The molecule has 4 atom stereocenters. The first kappa shape index (κ1) is 17.3. The van der Waals surface area contributed by atoms with Gasteiger partial charge in [-0.05, 0) is 18.6 Å². The number of fused-ring (bicyclic) bond motifs is 1. The third-order valence-corrected chi connectivity index (χ3v) is 4.69. The molecule has 0 radical (unpaired) electrons. The number of hydrogen-bond acceptors (Lipinski definition) is 4. The van der Waals surface area contributed by atoms with Gasteiger partial charge in [0.15, 0.2) is 5.78 Å². The minimum absolute atomic E-state index is 0.174. The van der Waals surface area contributed by atoms with Gasteiger partial charge in [-0.25, -0.2) is 0 Å². The van der Waals surface area contributed by atoms with Crippen LogP contribution in [0.15, 0.2) is 34.3 Å². The fraction of sp³-hybridized carbons (Fsp3) is 0.412. The van der Waals surface area contributed by atoms with Crippen LogP contribution >= 0.6 is 0 Å². The molecule has 0 amide bonds. The number of benzene rings is 1. The van der Waals surface area contributed by atoms with Crippen LogP contribution in [0.1, 0.15) is 24.0 Å². The van der Waals surface area contributed by atoms with Crippen LogP contribution in [0, 0.1) is 11.8 Å². The second-order valence-electron chi connectivity index (χ2n) is 6.17. The van der Waals surface area contributed by atoms with Crippen LogP contribution < -0.4 is 0 Å². The van der Waals surface area contributed by atoms with Gasteiger partial charge < -0.3 is 5.11 Å². The molecular weight excluding hydrogens is 337 g/mol. The third-order valence-electron chi connectivity index (χ3n) is 4.69. The Kier molecular flexibility index (Phi) is 4.22. The highest BCUT2D eigenvalue weighted by molar-refractivity contribution is 6.05. The number of carboxylic acids is 1. The van der Waals surface area contributed by atoms with Gasteiger partial charge in [0, 0.05) is 17.8 Å². The van der Waals surface area contributed by atoms with Crippen molar-refractivity contribution in [2.75, 3.05) is 6.54 Å². The molecule has 1 N–H and O–H groups in total. The normalized spacial score (nSPS) is 29.1. The number of halogens is 3. The highest BCUT2D eigenvalue weighted by atomic mass is 19.4. The molecule has 5 nitrogen and oxygen atoms in total. The summed E-state index contributed by atoms with van der Waals surface area (Å²) in [7, 11) is 0. The number of rotatable bonds is 2. The maximum absolute atomic E-state index is 13.5. The number of ketones is 1. The monoisotopic (exact) mass is 352 g/mol. The summed E-state index contributed by atoms with van der Waals surface area (Å²) in [5.74, 6) is -5.09. The second-order valence-corrected chi connectivity index (χ2v) is 6.17. The lowest BCUT2D eigenvalue weighted by Gasteiger charge is -2.39. The van der Waals surface area contributed by atoms with E-state index >= 15 is 0 Å². The number of alkyl halides is 3. The largest absolute Gasteiger partial charge is 0.481 e. The summed E-state index contributed by atoms with van der Waals surface area (Å²) in [6.07, 6.45) is -3.22. The smallest absolute Gasteiger partial charge is 0.416 e. The summed E-state index contributed by atoms with van der Waals surface area (Å²) in [6.45, 7) is 1.29. The van der Waals surface area contributed by atoms with E-state index in [1.54, 1.807) is 0 Å². The third kappa shape index (κ3) is 2.96. The average Bonchev–Trinajstić information content (AvgIpc) is 2.52. The Labute approximate surface area is 141 Å². The zero-order valence-electron chi connectivity index (χ0n) is 13.2. The quantitative estimate of drug-likeness (QED) is 0.889. The summed E-state index contributed by atoms with van der Waals surface area (Å²) >= 11 is 0. The van der Waals surface area contributed by atoms with E-state index in [9.17, 15) is 27.9 Å². The SMILES string of the molecule is CC1=NC2C=NCC(=O)C2C(c2ccccc2C(F)(F)F)C1C(=O)O. The molecule has 0 saturated heterocycles. The molecule has 3 rings (SSSR count). The Morgan fingerprint density at radius 1 is 1.24 bits per heavy atom. The fourth-order valence-electron chi connectivity index (χ4n) is 3.70. The Hall–Kier alpha value is -2.51. The maximum atomic E-state index is 13.5. The van der Waals surface area contributed by atoms with E-state index < -0.39 is 47.3 Å². The topological polar surface area (TPSA) is 79.1 Å². The lowest BCUT2D eigenvalue weighted by Crippen LogP contribution is -2.48. The molecule has 25 heavy (non-hydrogen) atoms. The molecule has 132 valence electrons. The molecule has 4 unspecified atom stereocenters. The van der Waals surface area contributed by atoms with Crippen LogP contribution in [-0.4, -0.2) is 41.4 Å². The van der Waals surface area contributed by atoms with E-state index in [0.717, 1.165) is 6.07 Å². The molecule has 2 aliphatic rings. The summed E-state index contributed by atoms with van der Waals surface area (Å²) in [4.78, 5) is 32.3. The maximum Gasteiger partial charge on any atom is 0.416 e. The van der Waals surface area contributed by atoms with Crippen LogP contribution in [0.5, 0.6) is 0 Å². The van der Waals surface area contributed by atoms with Crippen molar-refractivity contribution in [3.8, 4) is 0 Å². The van der Waals surface area contributed by atoms with Crippen LogP contribution in [0.25, 0.3) is 0 Å². The van der Waals surface area contributed by atoms with Gasteiger partial charge in [0.05, 0.1) is 24.1 Å². The molecule has 0 aliphatic carbocycles. The Morgan fingerprint density at radius 3 is 2.56 bits per heavy atom. The second kappa shape index (κ2) is 6.09. The van der Waals surface area contributed by atoms with Gasteiger partial charge in [-0.1, -0.05) is 18.2 Å². The molecule has 0 fully saturated rings. The average molecular weight is 352 g/mol. The van der Waals surface area contributed by atoms with Gasteiger partial charge in [0.1, 0.15) is 5.92 Å². The molecule has 8 heteroatoms. The van der Waals surface area contributed by atoms with Gasteiger partial charge in [-0.2, -0.15) is 13.2 Å². The van der Waals surface area contributed by atoms with E-state index in [1.807, 2.05) is 0 Å². The summed E-state index contributed by atoms with van der Waals surface area (Å²) in [5.41, 5.74) is -0.915. The van der Waals surface area contributed by atoms with Crippen molar-refractivity contribution < 1.29 is 27.9 Å². The van der Waals surface area contributed by atoms with E-state index in [-0.39, 0.29) is 17.8 Å². The van der Waals surface area contributed by atoms with E-state index in [0.29, 0.717) is 0 Å².